The fraction of sp³-hybridized carbons (Fsp3) is 0.391. The van der Waals surface area contributed by atoms with Gasteiger partial charge in [-0.25, -0.2) is 4.79 Å². The minimum atomic E-state index is -0.212. The largest absolute Gasteiger partial charge is 0.338 e. The molecule has 1 aliphatic heterocycles. The van der Waals surface area contributed by atoms with E-state index in [4.69, 9.17) is 0 Å². The standard InChI is InChI=1S/C23H29N3O2S/c1-3-5-13-24-23(28)25(14-4-2)17-21(27)26-15-11-20-19(12-16-29-20)22(26)18-9-7-6-8-10-18/h4,6-10,12,16,22H,2-3,5,11,13-15,17H2,1H3,(H,24,28). The summed E-state index contributed by atoms with van der Waals surface area (Å²) in [6.45, 7) is 7.49. The van der Waals surface area contributed by atoms with Gasteiger partial charge < -0.3 is 15.1 Å². The van der Waals surface area contributed by atoms with Crippen LogP contribution in [0.15, 0.2) is 54.4 Å². The highest BCUT2D eigenvalue weighted by atomic mass is 32.1. The lowest BCUT2D eigenvalue weighted by Gasteiger charge is -2.37. The zero-order valence-electron chi connectivity index (χ0n) is 17.0. The monoisotopic (exact) mass is 411 g/mol. The van der Waals surface area contributed by atoms with Crippen LogP contribution in [0.1, 0.15) is 41.8 Å². The molecule has 2 aromatic rings. The van der Waals surface area contributed by atoms with Gasteiger partial charge in [-0.05, 0) is 35.4 Å². The van der Waals surface area contributed by atoms with Crippen LogP contribution in [-0.4, -0.2) is 47.9 Å². The summed E-state index contributed by atoms with van der Waals surface area (Å²) in [6, 6.07) is 11.9. The number of rotatable bonds is 8. The molecule has 0 bridgehead atoms. The van der Waals surface area contributed by atoms with Crippen LogP contribution in [0.5, 0.6) is 0 Å². The fourth-order valence-corrected chi connectivity index (χ4v) is 4.60. The van der Waals surface area contributed by atoms with Gasteiger partial charge in [-0.2, -0.15) is 0 Å². The summed E-state index contributed by atoms with van der Waals surface area (Å²) in [4.78, 5) is 30.6. The predicted octanol–water partition coefficient (Wildman–Crippen LogP) is 4.22. The minimum Gasteiger partial charge on any atom is -0.338 e. The molecule has 29 heavy (non-hydrogen) atoms. The maximum absolute atomic E-state index is 13.3. The summed E-state index contributed by atoms with van der Waals surface area (Å²) in [7, 11) is 0. The van der Waals surface area contributed by atoms with Gasteiger partial charge in [-0.3, -0.25) is 4.79 Å². The third kappa shape index (κ3) is 5.07. The lowest BCUT2D eigenvalue weighted by atomic mass is 9.93. The average molecular weight is 412 g/mol. The minimum absolute atomic E-state index is 0.0387. The molecule has 0 spiro atoms. The highest BCUT2D eigenvalue weighted by Gasteiger charge is 2.33. The van der Waals surface area contributed by atoms with Gasteiger partial charge in [0.1, 0.15) is 6.54 Å². The van der Waals surface area contributed by atoms with Crippen molar-refractivity contribution >= 4 is 23.3 Å². The molecule has 1 aromatic heterocycles. The van der Waals surface area contributed by atoms with Crippen molar-refractivity contribution in [3.8, 4) is 0 Å². The van der Waals surface area contributed by atoms with Crippen molar-refractivity contribution in [1.29, 1.82) is 0 Å². The van der Waals surface area contributed by atoms with Crippen LogP contribution < -0.4 is 5.32 Å². The topological polar surface area (TPSA) is 52.7 Å². The highest BCUT2D eigenvalue weighted by Crippen LogP contribution is 2.37. The molecular formula is C23H29N3O2S. The molecule has 1 aromatic carbocycles. The molecule has 1 unspecified atom stereocenters. The third-order valence-corrected chi connectivity index (χ3v) is 6.17. The number of nitrogens with zero attached hydrogens (tertiary/aromatic N) is 2. The molecule has 1 atom stereocenters. The normalized spacial score (nSPS) is 15.5. The Hall–Kier alpha value is -2.60. The van der Waals surface area contributed by atoms with Crippen LogP contribution in [-0.2, 0) is 11.2 Å². The molecule has 3 amide bonds. The Balaban J connectivity index is 1.79. The van der Waals surface area contributed by atoms with Gasteiger partial charge in [0.25, 0.3) is 0 Å². The molecule has 6 heteroatoms. The molecule has 2 heterocycles. The van der Waals surface area contributed by atoms with Gasteiger partial charge in [-0.15, -0.1) is 17.9 Å². The van der Waals surface area contributed by atoms with Gasteiger partial charge in [0, 0.05) is 24.5 Å². The lowest BCUT2D eigenvalue weighted by molar-refractivity contribution is -0.133. The Labute approximate surface area is 177 Å². The maximum Gasteiger partial charge on any atom is 0.318 e. The van der Waals surface area contributed by atoms with Crippen LogP contribution in [0.2, 0.25) is 0 Å². The van der Waals surface area contributed by atoms with Gasteiger partial charge in [0.2, 0.25) is 5.91 Å². The van der Waals surface area contributed by atoms with Crippen molar-refractivity contribution in [3.05, 3.63) is 70.4 Å². The van der Waals surface area contributed by atoms with Crippen molar-refractivity contribution in [2.24, 2.45) is 0 Å². The van der Waals surface area contributed by atoms with Gasteiger partial charge in [0.15, 0.2) is 0 Å². The number of amides is 3. The van der Waals surface area contributed by atoms with Crippen molar-refractivity contribution in [1.82, 2.24) is 15.1 Å². The number of hydrogen-bond donors (Lipinski definition) is 1. The predicted molar refractivity (Wildman–Crippen MR) is 118 cm³/mol. The van der Waals surface area contributed by atoms with E-state index in [9.17, 15) is 9.59 Å². The van der Waals surface area contributed by atoms with Crippen molar-refractivity contribution in [2.75, 3.05) is 26.2 Å². The average Bonchev–Trinajstić information content (AvgIpc) is 3.22. The molecule has 1 aliphatic rings. The van der Waals surface area contributed by atoms with E-state index < -0.39 is 0 Å². The summed E-state index contributed by atoms with van der Waals surface area (Å²) >= 11 is 1.75. The first-order valence-electron chi connectivity index (χ1n) is 10.2. The highest BCUT2D eigenvalue weighted by molar-refractivity contribution is 7.10. The zero-order valence-corrected chi connectivity index (χ0v) is 17.8. The van der Waals surface area contributed by atoms with E-state index in [0.717, 1.165) is 24.8 Å². The van der Waals surface area contributed by atoms with Crippen molar-refractivity contribution in [3.63, 3.8) is 0 Å². The number of benzene rings is 1. The molecule has 5 nitrogen and oxygen atoms in total. The molecule has 0 saturated heterocycles. The summed E-state index contributed by atoms with van der Waals surface area (Å²) in [5.74, 6) is -0.0387. The van der Waals surface area contributed by atoms with Crippen LogP contribution in [0.3, 0.4) is 0 Å². The Kier molecular flexibility index (Phi) is 7.47. The van der Waals surface area contributed by atoms with E-state index in [1.807, 2.05) is 23.1 Å². The molecule has 0 fully saturated rings. The van der Waals surface area contributed by atoms with Gasteiger partial charge >= 0.3 is 6.03 Å². The van der Waals surface area contributed by atoms with E-state index in [1.165, 1.54) is 15.3 Å². The van der Waals surface area contributed by atoms with E-state index in [2.05, 4.69) is 42.4 Å². The summed E-state index contributed by atoms with van der Waals surface area (Å²) in [5.41, 5.74) is 2.30. The molecule has 3 rings (SSSR count). The second-order valence-corrected chi connectivity index (χ2v) is 8.20. The number of unbranched alkanes of at least 4 members (excludes halogenated alkanes) is 1. The first-order chi connectivity index (χ1) is 14.2. The quantitative estimate of drug-likeness (QED) is 0.522. The summed E-state index contributed by atoms with van der Waals surface area (Å²) in [5, 5.41) is 5.00. The van der Waals surface area contributed by atoms with E-state index in [0.29, 0.717) is 19.6 Å². The second kappa shape index (κ2) is 10.3. The molecule has 1 N–H and O–H groups in total. The maximum atomic E-state index is 13.3. The van der Waals surface area contributed by atoms with Gasteiger partial charge in [-0.1, -0.05) is 49.8 Å². The number of fused-ring (bicyclic) bond motifs is 1. The summed E-state index contributed by atoms with van der Waals surface area (Å²) < 4.78 is 0. The van der Waals surface area contributed by atoms with Crippen LogP contribution in [0, 0.1) is 0 Å². The molecule has 154 valence electrons. The lowest BCUT2D eigenvalue weighted by Crippen LogP contribution is -2.49. The number of carbonyl (C=O) groups is 2. The number of hydrogen-bond acceptors (Lipinski definition) is 3. The van der Waals surface area contributed by atoms with E-state index in [1.54, 1.807) is 17.4 Å². The second-order valence-electron chi connectivity index (χ2n) is 7.20. The van der Waals surface area contributed by atoms with E-state index in [-0.39, 0.29) is 24.5 Å². The van der Waals surface area contributed by atoms with Crippen molar-refractivity contribution < 1.29 is 9.59 Å². The van der Waals surface area contributed by atoms with Crippen LogP contribution in [0.4, 0.5) is 4.79 Å². The fourth-order valence-electron chi connectivity index (χ4n) is 3.69. The Morgan fingerprint density at radius 1 is 1.31 bits per heavy atom. The smallest absolute Gasteiger partial charge is 0.318 e. The SMILES string of the molecule is C=CCN(CC(=O)N1CCc2sccc2C1c1ccccc1)C(=O)NCCCC. The number of nitrogens with one attached hydrogen (secondary N) is 1. The van der Waals surface area contributed by atoms with Crippen molar-refractivity contribution in [2.45, 2.75) is 32.2 Å². The molecule has 0 saturated carbocycles. The first-order valence-corrected chi connectivity index (χ1v) is 11.1. The number of carbonyl (C=O) groups excluding carboxylic acids is 2. The van der Waals surface area contributed by atoms with E-state index >= 15 is 0 Å². The van der Waals surface area contributed by atoms with Crippen LogP contribution >= 0.6 is 11.3 Å². The number of thiophene rings is 1. The number of urea groups is 1. The molecule has 0 radical (unpaired) electrons. The Bertz CT molecular complexity index is 834. The molecular weight excluding hydrogens is 382 g/mol. The third-order valence-electron chi connectivity index (χ3n) is 5.17. The Morgan fingerprint density at radius 3 is 2.83 bits per heavy atom. The summed E-state index contributed by atoms with van der Waals surface area (Å²) in [6.07, 6.45) is 4.45. The van der Waals surface area contributed by atoms with Gasteiger partial charge in [0.05, 0.1) is 6.04 Å². The first kappa shape index (κ1) is 21.1. The Morgan fingerprint density at radius 2 is 2.10 bits per heavy atom. The zero-order chi connectivity index (χ0) is 20.6. The van der Waals surface area contributed by atoms with Crippen LogP contribution in [0.25, 0.3) is 0 Å². The molecule has 0 aliphatic carbocycles.